The molecule has 0 amide bonds. The minimum absolute atomic E-state index is 0.0519. The first-order valence-corrected chi connectivity index (χ1v) is 12.6. The van der Waals surface area contributed by atoms with Gasteiger partial charge >= 0.3 is 0 Å². The van der Waals surface area contributed by atoms with Crippen LogP contribution in [-0.4, -0.2) is 61.5 Å². The van der Waals surface area contributed by atoms with Gasteiger partial charge in [-0.2, -0.15) is 0 Å². The van der Waals surface area contributed by atoms with Gasteiger partial charge in [-0.1, -0.05) is 6.92 Å². The summed E-state index contributed by atoms with van der Waals surface area (Å²) in [5.74, 6) is 1.44. The summed E-state index contributed by atoms with van der Waals surface area (Å²) in [5.41, 5.74) is 18.4. The molecule has 1 heterocycles. The fourth-order valence-electron chi connectivity index (χ4n) is 4.11. The van der Waals surface area contributed by atoms with Gasteiger partial charge < -0.3 is 31.5 Å². The van der Waals surface area contributed by atoms with Gasteiger partial charge in [0.25, 0.3) is 0 Å². The molecule has 9 N–H and O–H groups in total. The van der Waals surface area contributed by atoms with E-state index in [0.717, 1.165) is 32.4 Å². The molecule has 1 saturated heterocycles. The number of amidine groups is 1. The predicted octanol–water partition coefficient (Wildman–Crippen LogP) is 1.73. The molecule has 5 atom stereocenters. The second kappa shape index (κ2) is 14.3. The Hall–Kier alpha value is -2.48. The van der Waals surface area contributed by atoms with Crippen LogP contribution in [0.1, 0.15) is 45.4 Å². The number of nitrogens with zero attached hydrogens (tertiary/aromatic N) is 3. The van der Waals surface area contributed by atoms with Crippen LogP contribution in [0.15, 0.2) is 39.7 Å². The van der Waals surface area contributed by atoms with Gasteiger partial charge in [0.05, 0.1) is 12.3 Å². The van der Waals surface area contributed by atoms with Crippen molar-refractivity contribution < 1.29 is 14.6 Å². The van der Waals surface area contributed by atoms with Crippen molar-refractivity contribution in [3.63, 3.8) is 0 Å². The van der Waals surface area contributed by atoms with E-state index in [-0.39, 0.29) is 30.7 Å². The maximum atomic E-state index is 9.22. The first kappa shape index (κ1) is 28.1. The van der Waals surface area contributed by atoms with Crippen LogP contribution in [-0.2, 0) is 4.74 Å². The lowest BCUT2D eigenvalue weighted by Crippen LogP contribution is -2.48. The number of hydrazine groups is 1. The molecule has 1 saturated carbocycles. The van der Waals surface area contributed by atoms with Crippen LogP contribution >= 0.6 is 0 Å². The highest BCUT2D eigenvalue weighted by molar-refractivity contribution is 5.80. The molecule has 1 aromatic rings. The Morgan fingerprint density at radius 2 is 2.17 bits per heavy atom. The van der Waals surface area contributed by atoms with Gasteiger partial charge in [0.15, 0.2) is 0 Å². The Kier molecular flexibility index (Phi) is 11.2. The van der Waals surface area contributed by atoms with Gasteiger partial charge in [0, 0.05) is 31.2 Å². The molecule has 2 aliphatic rings. The number of aliphatic hydroxyl groups excluding tert-OH is 1. The topological polar surface area (TPSA) is 188 Å². The number of hydrogen-bond acceptors (Lipinski definition) is 10. The minimum atomic E-state index is -0.530. The molecule has 3 rings (SSSR count). The zero-order valence-corrected chi connectivity index (χ0v) is 21.0. The lowest BCUT2D eigenvalue weighted by molar-refractivity contribution is -0.0152. The number of nitrogens with two attached hydrogens (primary N) is 2. The molecule has 3 unspecified atom stereocenters. The van der Waals surface area contributed by atoms with E-state index in [0.29, 0.717) is 36.8 Å². The maximum absolute atomic E-state index is 9.22. The standard InChI is InChI=1S/C24H41N9O3/c1-17(14-29-32-23-4-2-3-11-35-23)21(9-10-25)28-16-36-20-7-5-19(6-8-20)30-33-31-22(26)12-18-13-24(18,27)15-34/h5-8,10,17-18,21,23,25,28-29,32,34H,2-4,9,11-16,27H2,1H3,(H2,26,30,31)/t17-,18?,21?,23?,24+/m1/s1. The maximum Gasteiger partial charge on any atom is 0.139 e. The van der Waals surface area contributed by atoms with Crippen molar-refractivity contribution in [1.29, 1.82) is 5.41 Å². The summed E-state index contributed by atoms with van der Waals surface area (Å²) in [6, 6.07) is 7.27. The van der Waals surface area contributed by atoms with Crippen LogP contribution in [0, 0.1) is 17.2 Å². The number of rotatable bonds is 16. The number of ether oxygens (including phenoxy) is 2. The molecule has 2 fully saturated rings. The van der Waals surface area contributed by atoms with Crippen molar-refractivity contribution in [2.45, 2.75) is 63.3 Å². The normalized spacial score (nSPS) is 26.0. The molecule has 0 radical (unpaired) electrons. The zero-order chi connectivity index (χ0) is 25.8. The summed E-state index contributed by atoms with van der Waals surface area (Å²) in [6.45, 7) is 3.95. The molecule has 0 bridgehead atoms. The molecule has 1 aliphatic carbocycles. The highest BCUT2D eigenvalue weighted by Gasteiger charge is 2.50. The Morgan fingerprint density at radius 3 is 2.83 bits per heavy atom. The van der Waals surface area contributed by atoms with E-state index in [1.165, 1.54) is 12.6 Å². The quantitative estimate of drug-likeness (QED) is 0.0583. The van der Waals surface area contributed by atoms with Crippen molar-refractivity contribution >= 4 is 17.7 Å². The van der Waals surface area contributed by atoms with Gasteiger partial charge in [-0.25, -0.2) is 5.43 Å². The Balaban J connectivity index is 1.36. The van der Waals surface area contributed by atoms with Crippen LogP contribution in [0.4, 0.5) is 5.69 Å². The third-order valence-electron chi connectivity index (χ3n) is 6.71. The summed E-state index contributed by atoms with van der Waals surface area (Å²) in [4.78, 5) is 0. The number of aliphatic hydroxyl groups is 1. The molecule has 36 heavy (non-hydrogen) atoms. The molecule has 0 spiro atoms. The summed E-state index contributed by atoms with van der Waals surface area (Å²) >= 11 is 0. The summed E-state index contributed by atoms with van der Waals surface area (Å²) < 4.78 is 11.5. The van der Waals surface area contributed by atoms with E-state index in [1.807, 2.05) is 12.1 Å². The summed E-state index contributed by atoms with van der Waals surface area (Å²) in [5, 5.41) is 31.9. The molecule has 1 aliphatic heterocycles. The first-order chi connectivity index (χ1) is 17.4. The van der Waals surface area contributed by atoms with Crippen molar-refractivity contribution in [2.75, 3.05) is 26.5 Å². The fourth-order valence-corrected chi connectivity index (χ4v) is 4.11. The van der Waals surface area contributed by atoms with E-state index in [4.69, 9.17) is 26.4 Å². The lowest BCUT2D eigenvalue weighted by atomic mass is 10.00. The number of hydrogen-bond donors (Lipinski definition) is 7. The van der Waals surface area contributed by atoms with E-state index in [9.17, 15) is 5.11 Å². The van der Waals surface area contributed by atoms with Gasteiger partial charge in [-0.05, 0) is 79.6 Å². The van der Waals surface area contributed by atoms with Crippen molar-refractivity contribution in [3.8, 4) is 5.75 Å². The molecule has 0 aromatic heterocycles. The summed E-state index contributed by atoms with van der Waals surface area (Å²) in [7, 11) is 0. The lowest BCUT2D eigenvalue weighted by Gasteiger charge is -2.27. The third-order valence-corrected chi connectivity index (χ3v) is 6.71. The smallest absolute Gasteiger partial charge is 0.139 e. The van der Waals surface area contributed by atoms with Gasteiger partial charge in [0.1, 0.15) is 24.5 Å². The average Bonchev–Trinajstić information content (AvgIpc) is 3.54. The van der Waals surface area contributed by atoms with E-state index >= 15 is 0 Å². The molecule has 12 heteroatoms. The van der Waals surface area contributed by atoms with Gasteiger partial charge in [-0.15, -0.1) is 10.2 Å². The molecule has 1 aromatic carbocycles. The van der Waals surface area contributed by atoms with Crippen molar-refractivity contribution in [2.24, 2.45) is 38.7 Å². The van der Waals surface area contributed by atoms with E-state index < -0.39 is 5.54 Å². The minimum Gasteiger partial charge on any atom is -0.478 e. The van der Waals surface area contributed by atoms with Crippen LogP contribution in [0.3, 0.4) is 0 Å². The van der Waals surface area contributed by atoms with E-state index in [1.54, 1.807) is 12.1 Å². The molecule has 12 nitrogen and oxygen atoms in total. The Labute approximate surface area is 212 Å². The molecule has 200 valence electrons. The predicted molar refractivity (Wildman–Crippen MR) is 139 cm³/mol. The first-order valence-electron chi connectivity index (χ1n) is 12.6. The SMILES string of the molecule is C[C@H](CNNC1CCCCO1)C(CC=N)NCOc1ccc(N=NN=C(N)CC2C[C@]2(N)CO)cc1. The third kappa shape index (κ3) is 9.19. The average molecular weight is 504 g/mol. The second-order valence-corrected chi connectivity index (χ2v) is 9.67. The fraction of sp³-hybridized carbons (Fsp3) is 0.667. The molecular weight excluding hydrogens is 462 g/mol. The van der Waals surface area contributed by atoms with E-state index in [2.05, 4.69) is 38.5 Å². The van der Waals surface area contributed by atoms with Gasteiger partial charge in [-0.3, -0.25) is 10.7 Å². The van der Waals surface area contributed by atoms with Crippen LogP contribution < -0.4 is 32.4 Å². The second-order valence-electron chi connectivity index (χ2n) is 9.67. The van der Waals surface area contributed by atoms with Crippen LogP contribution in [0.2, 0.25) is 0 Å². The van der Waals surface area contributed by atoms with Gasteiger partial charge in [0.2, 0.25) is 0 Å². The number of benzene rings is 1. The van der Waals surface area contributed by atoms with Crippen LogP contribution in [0.5, 0.6) is 5.75 Å². The van der Waals surface area contributed by atoms with Crippen LogP contribution in [0.25, 0.3) is 0 Å². The van der Waals surface area contributed by atoms with Crippen molar-refractivity contribution in [1.82, 2.24) is 16.2 Å². The Morgan fingerprint density at radius 1 is 1.36 bits per heavy atom. The molecular formula is C24H41N9O3. The van der Waals surface area contributed by atoms with Crippen molar-refractivity contribution in [3.05, 3.63) is 24.3 Å². The summed E-state index contributed by atoms with van der Waals surface area (Å²) in [6.07, 6.45) is 6.65. The highest BCUT2D eigenvalue weighted by atomic mass is 16.5. The zero-order valence-electron chi connectivity index (χ0n) is 21.0. The monoisotopic (exact) mass is 503 g/mol. The Bertz CT molecular complexity index is 861. The number of nitrogens with one attached hydrogen (secondary N) is 4. The highest BCUT2D eigenvalue weighted by Crippen LogP contribution is 2.42. The largest absolute Gasteiger partial charge is 0.478 e.